The second-order valence-electron chi connectivity index (χ2n) is 4.64. The molecule has 106 valence electrons. The molecule has 0 aliphatic carbocycles. The molecule has 0 saturated heterocycles. The number of methoxy groups -OCH3 is 1. The van der Waals surface area contributed by atoms with E-state index in [2.05, 4.69) is 15.5 Å². The lowest BCUT2D eigenvalue weighted by Crippen LogP contribution is -1.90. The molecule has 0 spiro atoms. The van der Waals surface area contributed by atoms with E-state index in [0.717, 1.165) is 17.0 Å². The summed E-state index contributed by atoms with van der Waals surface area (Å²) in [4.78, 5) is 4.32. The van der Waals surface area contributed by atoms with E-state index in [-0.39, 0.29) is 0 Å². The Hall–Kier alpha value is -2.82. The van der Waals surface area contributed by atoms with E-state index in [4.69, 9.17) is 9.26 Å². The smallest absolute Gasteiger partial charge is 0.326 e. The quantitative estimate of drug-likeness (QED) is 0.788. The van der Waals surface area contributed by atoms with Crippen LogP contribution in [0.15, 0.2) is 53.1 Å². The van der Waals surface area contributed by atoms with E-state index in [1.807, 2.05) is 55.5 Å². The fourth-order valence-corrected chi connectivity index (χ4v) is 1.89. The Bertz CT molecular complexity index is 718. The molecule has 0 aliphatic rings. The molecule has 1 N–H and O–H groups in total. The van der Waals surface area contributed by atoms with Crippen molar-refractivity contribution in [3.8, 4) is 17.1 Å². The summed E-state index contributed by atoms with van der Waals surface area (Å²) in [6, 6.07) is 15.8. The second-order valence-corrected chi connectivity index (χ2v) is 4.64. The van der Waals surface area contributed by atoms with Crippen molar-refractivity contribution in [2.75, 3.05) is 12.4 Å². The molecule has 2 aromatic carbocycles. The van der Waals surface area contributed by atoms with Gasteiger partial charge < -0.3 is 14.6 Å². The van der Waals surface area contributed by atoms with Crippen LogP contribution in [0.3, 0.4) is 0 Å². The SMILES string of the molecule is COc1ccc(-c2noc(Nc3ccc(C)cc3)n2)cc1. The van der Waals surface area contributed by atoms with Gasteiger partial charge in [0.25, 0.3) is 0 Å². The average molecular weight is 281 g/mol. The van der Waals surface area contributed by atoms with Crippen LogP contribution in [0.2, 0.25) is 0 Å². The molecule has 0 radical (unpaired) electrons. The molecule has 3 aromatic rings. The number of hydrogen-bond donors (Lipinski definition) is 1. The van der Waals surface area contributed by atoms with Crippen LogP contribution in [0.5, 0.6) is 5.75 Å². The highest BCUT2D eigenvalue weighted by Crippen LogP contribution is 2.22. The van der Waals surface area contributed by atoms with Gasteiger partial charge in [0.05, 0.1) is 7.11 Å². The Morgan fingerprint density at radius 1 is 1.00 bits per heavy atom. The lowest BCUT2D eigenvalue weighted by atomic mass is 10.2. The van der Waals surface area contributed by atoms with Crippen LogP contribution >= 0.6 is 0 Å². The van der Waals surface area contributed by atoms with Crippen molar-refractivity contribution in [1.29, 1.82) is 0 Å². The molecular formula is C16H15N3O2. The first-order chi connectivity index (χ1) is 10.2. The normalized spacial score (nSPS) is 10.4. The summed E-state index contributed by atoms with van der Waals surface area (Å²) in [6.45, 7) is 2.04. The summed E-state index contributed by atoms with van der Waals surface area (Å²) in [6.07, 6.45) is 0. The molecule has 0 bridgehead atoms. The van der Waals surface area contributed by atoms with Gasteiger partial charge in [-0.3, -0.25) is 0 Å². The Labute approximate surface area is 122 Å². The number of aryl methyl sites for hydroxylation is 1. The average Bonchev–Trinajstić information content (AvgIpc) is 2.98. The highest BCUT2D eigenvalue weighted by Gasteiger charge is 2.08. The van der Waals surface area contributed by atoms with Gasteiger partial charge in [-0.25, -0.2) is 0 Å². The molecule has 21 heavy (non-hydrogen) atoms. The molecular weight excluding hydrogens is 266 g/mol. The molecule has 0 amide bonds. The van der Waals surface area contributed by atoms with Crippen LogP contribution in [-0.4, -0.2) is 17.3 Å². The maximum atomic E-state index is 5.21. The molecule has 0 unspecified atom stereocenters. The predicted octanol–water partition coefficient (Wildman–Crippen LogP) is 3.80. The Morgan fingerprint density at radius 2 is 1.71 bits per heavy atom. The number of nitrogens with zero attached hydrogens (tertiary/aromatic N) is 2. The summed E-state index contributed by atoms with van der Waals surface area (Å²) in [5.74, 6) is 1.33. The van der Waals surface area contributed by atoms with Crippen molar-refractivity contribution in [1.82, 2.24) is 10.1 Å². The van der Waals surface area contributed by atoms with E-state index in [9.17, 15) is 0 Å². The molecule has 1 heterocycles. The van der Waals surface area contributed by atoms with Crippen LogP contribution in [-0.2, 0) is 0 Å². The van der Waals surface area contributed by atoms with Crippen molar-refractivity contribution in [3.05, 3.63) is 54.1 Å². The molecule has 0 aliphatic heterocycles. The predicted molar refractivity (Wildman–Crippen MR) is 80.7 cm³/mol. The number of hydrogen-bond acceptors (Lipinski definition) is 5. The summed E-state index contributed by atoms with van der Waals surface area (Å²) < 4.78 is 10.3. The van der Waals surface area contributed by atoms with Crippen LogP contribution < -0.4 is 10.1 Å². The summed E-state index contributed by atoms with van der Waals surface area (Å²) in [7, 11) is 1.63. The molecule has 3 rings (SSSR count). The Balaban J connectivity index is 1.77. The number of nitrogens with one attached hydrogen (secondary N) is 1. The fraction of sp³-hybridized carbons (Fsp3) is 0.125. The highest BCUT2D eigenvalue weighted by atomic mass is 16.5. The van der Waals surface area contributed by atoms with Crippen LogP contribution in [0.4, 0.5) is 11.7 Å². The van der Waals surface area contributed by atoms with Crippen LogP contribution in [0.1, 0.15) is 5.56 Å². The third-order valence-electron chi connectivity index (χ3n) is 3.08. The van der Waals surface area contributed by atoms with E-state index in [1.54, 1.807) is 7.11 Å². The van der Waals surface area contributed by atoms with E-state index in [0.29, 0.717) is 11.8 Å². The zero-order valence-electron chi connectivity index (χ0n) is 11.8. The first-order valence-electron chi connectivity index (χ1n) is 6.56. The summed E-state index contributed by atoms with van der Waals surface area (Å²) in [5, 5.41) is 7.05. The summed E-state index contributed by atoms with van der Waals surface area (Å²) >= 11 is 0. The van der Waals surface area contributed by atoms with Gasteiger partial charge in [-0.2, -0.15) is 4.98 Å². The molecule has 0 saturated carbocycles. The maximum absolute atomic E-state index is 5.21. The van der Waals surface area contributed by atoms with Crippen molar-refractivity contribution >= 4 is 11.7 Å². The first kappa shape index (κ1) is 13.2. The molecule has 0 fully saturated rings. The van der Waals surface area contributed by atoms with Gasteiger partial charge >= 0.3 is 6.01 Å². The van der Waals surface area contributed by atoms with Crippen molar-refractivity contribution in [2.24, 2.45) is 0 Å². The van der Waals surface area contributed by atoms with E-state index >= 15 is 0 Å². The van der Waals surface area contributed by atoms with E-state index in [1.165, 1.54) is 5.56 Å². The van der Waals surface area contributed by atoms with Gasteiger partial charge in [-0.15, -0.1) is 0 Å². The minimum absolute atomic E-state index is 0.365. The van der Waals surface area contributed by atoms with Crippen molar-refractivity contribution in [2.45, 2.75) is 6.92 Å². The molecule has 0 atom stereocenters. The number of aromatic nitrogens is 2. The second kappa shape index (κ2) is 5.66. The fourth-order valence-electron chi connectivity index (χ4n) is 1.89. The third kappa shape index (κ3) is 3.02. The number of ether oxygens (including phenoxy) is 1. The molecule has 5 heteroatoms. The number of benzene rings is 2. The Morgan fingerprint density at radius 3 is 2.38 bits per heavy atom. The van der Waals surface area contributed by atoms with Crippen LogP contribution in [0.25, 0.3) is 11.4 Å². The highest BCUT2D eigenvalue weighted by molar-refractivity contribution is 5.59. The van der Waals surface area contributed by atoms with Gasteiger partial charge in [0.15, 0.2) is 0 Å². The third-order valence-corrected chi connectivity index (χ3v) is 3.08. The summed E-state index contributed by atoms with van der Waals surface area (Å²) in [5.41, 5.74) is 2.98. The van der Waals surface area contributed by atoms with Gasteiger partial charge in [-0.05, 0) is 43.3 Å². The number of rotatable bonds is 4. The van der Waals surface area contributed by atoms with Crippen molar-refractivity contribution in [3.63, 3.8) is 0 Å². The monoisotopic (exact) mass is 281 g/mol. The minimum Gasteiger partial charge on any atom is -0.497 e. The first-order valence-corrected chi connectivity index (χ1v) is 6.56. The van der Waals surface area contributed by atoms with Gasteiger partial charge in [0.1, 0.15) is 5.75 Å². The van der Waals surface area contributed by atoms with Gasteiger partial charge in [0.2, 0.25) is 5.82 Å². The maximum Gasteiger partial charge on any atom is 0.326 e. The minimum atomic E-state index is 0.365. The Kier molecular flexibility index (Phi) is 3.55. The lowest BCUT2D eigenvalue weighted by molar-refractivity contribution is 0.415. The largest absolute Gasteiger partial charge is 0.497 e. The number of anilines is 2. The van der Waals surface area contributed by atoms with Gasteiger partial charge in [-0.1, -0.05) is 22.9 Å². The zero-order chi connectivity index (χ0) is 14.7. The van der Waals surface area contributed by atoms with Gasteiger partial charge in [0, 0.05) is 11.3 Å². The lowest BCUT2D eigenvalue weighted by Gasteiger charge is -2.00. The molecule has 1 aromatic heterocycles. The van der Waals surface area contributed by atoms with Crippen molar-refractivity contribution < 1.29 is 9.26 Å². The zero-order valence-corrected chi connectivity index (χ0v) is 11.8. The van der Waals surface area contributed by atoms with Crippen LogP contribution in [0, 0.1) is 6.92 Å². The molecule has 5 nitrogen and oxygen atoms in total. The topological polar surface area (TPSA) is 60.2 Å². The van der Waals surface area contributed by atoms with E-state index < -0.39 is 0 Å². The standard InChI is InChI=1S/C16H15N3O2/c1-11-3-7-13(8-4-11)17-16-18-15(19-21-16)12-5-9-14(20-2)10-6-12/h3-10H,1-2H3,(H,17,18,19).